The molecule has 1 saturated carbocycles. The molecule has 0 radical (unpaired) electrons. The maximum Gasteiger partial charge on any atom is 0.0742 e. The maximum absolute atomic E-state index is 9.63. The first kappa shape index (κ1) is 12.0. The predicted octanol–water partition coefficient (Wildman–Crippen LogP) is 1.44. The van der Waals surface area contributed by atoms with Crippen LogP contribution in [0.5, 0.6) is 0 Å². The third-order valence-electron chi connectivity index (χ3n) is 2.96. The van der Waals surface area contributed by atoms with Crippen molar-refractivity contribution >= 4 is 0 Å². The molecule has 1 aliphatic carbocycles. The number of aliphatic hydroxyl groups is 1. The molecule has 3 N–H and O–H groups in total. The summed E-state index contributed by atoms with van der Waals surface area (Å²) in [6.07, 6.45) is 7.17. The molecule has 0 amide bonds. The van der Waals surface area contributed by atoms with Gasteiger partial charge in [-0.25, -0.2) is 0 Å². The topological polar surface area (TPSA) is 55.5 Å². The van der Waals surface area contributed by atoms with Gasteiger partial charge in [0.25, 0.3) is 0 Å². The van der Waals surface area contributed by atoms with Crippen LogP contribution >= 0.6 is 0 Å². The lowest BCUT2D eigenvalue weighted by atomic mass is 10.0. The minimum Gasteiger partial charge on any atom is -0.389 e. The van der Waals surface area contributed by atoms with Gasteiger partial charge in [0.15, 0.2) is 0 Å². The number of nitrogens with two attached hydrogens (primary N) is 1. The molecule has 84 valence electrons. The second-order valence-electron chi connectivity index (χ2n) is 4.58. The zero-order valence-corrected chi connectivity index (χ0v) is 9.17. The van der Waals surface area contributed by atoms with Crippen molar-refractivity contribution in [3.05, 3.63) is 0 Å². The summed E-state index contributed by atoms with van der Waals surface area (Å²) < 4.78 is 5.69. The van der Waals surface area contributed by atoms with Crippen molar-refractivity contribution in [3.8, 4) is 0 Å². The van der Waals surface area contributed by atoms with Crippen LogP contribution in [0.3, 0.4) is 0 Å². The van der Waals surface area contributed by atoms with Crippen LogP contribution in [-0.4, -0.2) is 30.0 Å². The molecule has 0 bridgehead atoms. The summed E-state index contributed by atoms with van der Waals surface area (Å²) in [4.78, 5) is 0. The number of hydrogen-bond donors (Lipinski definition) is 2. The quantitative estimate of drug-likeness (QED) is 0.639. The highest BCUT2D eigenvalue weighted by Crippen LogP contribution is 2.21. The van der Waals surface area contributed by atoms with E-state index in [9.17, 15) is 5.11 Å². The van der Waals surface area contributed by atoms with Crippen LogP contribution in [0, 0.1) is 0 Å². The van der Waals surface area contributed by atoms with E-state index in [1.54, 1.807) is 6.92 Å². The van der Waals surface area contributed by atoms with Crippen molar-refractivity contribution < 1.29 is 9.84 Å². The van der Waals surface area contributed by atoms with Gasteiger partial charge in [-0.05, 0) is 32.6 Å². The van der Waals surface area contributed by atoms with Crippen LogP contribution in [0.15, 0.2) is 0 Å². The fraction of sp³-hybridized carbons (Fsp3) is 1.00. The molecule has 1 aliphatic rings. The Hall–Kier alpha value is -0.120. The van der Waals surface area contributed by atoms with Crippen LogP contribution in [0.1, 0.15) is 45.4 Å². The fourth-order valence-corrected chi connectivity index (χ4v) is 1.86. The Morgan fingerprint density at radius 1 is 1.43 bits per heavy atom. The van der Waals surface area contributed by atoms with Crippen LogP contribution < -0.4 is 5.73 Å². The van der Waals surface area contributed by atoms with Crippen molar-refractivity contribution in [3.63, 3.8) is 0 Å². The smallest absolute Gasteiger partial charge is 0.0742 e. The summed E-state index contributed by atoms with van der Waals surface area (Å²) in [5.41, 5.74) is 4.71. The molecule has 3 heteroatoms. The summed E-state index contributed by atoms with van der Waals surface area (Å²) in [6, 6.07) is 0. The van der Waals surface area contributed by atoms with E-state index in [-0.39, 0.29) is 0 Å². The molecule has 1 rings (SSSR count). The maximum atomic E-state index is 9.63. The van der Waals surface area contributed by atoms with Crippen molar-refractivity contribution in [1.82, 2.24) is 0 Å². The largest absolute Gasteiger partial charge is 0.389 e. The van der Waals surface area contributed by atoms with Gasteiger partial charge in [0.05, 0.1) is 11.7 Å². The van der Waals surface area contributed by atoms with E-state index >= 15 is 0 Å². The van der Waals surface area contributed by atoms with E-state index in [0.29, 0.717) is 12.6 Å². The predicted molar refractivity (Wildman–Crippen MR) is 57.1 cm³/mol. The lowest BCUT2D eigenvalue weighted by molar-refractivity contribution is 0.0233. The van der Waals surface area contributed by atoms with Crippen molar-refractivity contribution in [2.24, 2.45) is 5.73 Å². The first-order valence-corrected chi connectivity index (χ1v) is 5.68. The fourth-order valence-electron chi connectivity index (χ4n) is 1.86. The second-order valence-corrected chi connectivity index (χ2v) is 4.58. The Kier molecular flexibility index (Phi) is 4.85. The standard InChI is InChI=1S/C11H23NO2/c1-11(13,9-12)7-4-8-14-10-5-2-3-6-10/h10,13H,2-9,12H2,1H3. The number of ether oxygens (including phenoxy) is 1. The average molecular weight is 201 g/mol. The lowest BCUT2D eigenvalue weighted by Crippen LogP contribution is -2.34. The van der Waals surface area contributed by atoms with Gasteiger partial charge in [0.1, 0.15) is 0 Å². The number of rotatable bonds is 6. The van der Waals surface area contributed by atoms with E-state index < -0.39 is 5.60 Å². The highest BCUT2D eigenvalue weighted by atomic mass is 16.5. The average Bonchev–Trinajstić information content (AvgIpc) is 2.65. The Morgan fingerprint density at radius 3 is 2.64 bits per heavy atom. The van der Waals surface area contributed by atoms with Crippen LogP contribution in [0.25, 0.3) is 0 Å². The van der Waals surface area contributed by atoms with Crippen molar-refractivity contribution in [2.45, 2.75) is 57.2 Å². The Bertz CT molecular complexity index is 153. The van der Waals surface area contributed by atoms with E-state index in [1.165, 1.54) is 25.7 Å². The van der Waals surface area contributed by atoms with Gasteiger partial charge in [0, 0.05) is 13.2 Å². The molecule has 0 aromatic rings. The van der Waals surface area contributed by atoms with Crippen LogP contribution in [0.2, 0.25) is 0 Å². The summed E-state index contributed by atoms with van der Waals surface area (Å²) in [7, 11) is 0. The second kappa shape index (κ2) is 5.69. The Morgan fingerprint density at radius 2 is 2.07 bits per heavy atom. The molecular weight excluding hydrogens is 178 g/mol. The summed E-state index contributed by atoms with van der Waals surface area (Å²) >= 11 is 0. The molecule has 0 aromatic heterocycles. The van der Waals surface area contributed by atoms with E-state index in [4.69, 9.17) is 10.5 Å². The molecule has 0 aliphatic heterocycles. The molecule has 1 unspecified atom stereocenters. The number of hydrogen-bond acceptors (Lipinski definition) is 3. The van der Waals surface area contributed by atoms with Gasteiger partial charge in [-0.1, -0.05) is 12.8 Å². The Labute approximate surface area is 86.6 Å². The van der Waals surface area contributed by atoms with Crippen molar-refractivity contribution in [2.75, 3.05) is 13.2 Å². The zero-order valence-electron chi connectivity index (χ0n) is 9.17. The van der Waals surface area contributed by atoms with E-state index in [2.05, 4.69) is 0 Å². The third kappa shape index (κ3) is 4.40. The summed E-state index contributed by atoms with van der Waals surface area (Å²) in [6.45, 7) is 2.87. The molecule has 14 heavy (non-hydrogen) atoms. The van der Waals surface area contributed by atoms with Gasteiger partial charge >= 0.3 is 0 Å². The van der Waals surface area contributed by atoms with E-state index in [1.807, 2.05) is 0 Å². The third-order valence-corrected chi connectivity index (χ3v) is 2.96. The van der Waals surface area contributed by atoms with Gasteiger partial charge in [-0.15, -0.1) is 0 Å². The van der Waals surface area contributed by atoms with Gasteiger partial charge < -0.3 is 15.6 Å². The highest BCUT2D eigenvalue weighted by molar-refractivity contribution is 4.73. The molecular formula is C11H23NO2. The van der Waals surface area contributed by atoms with E-state index in [0.717, 1.165) is 19.4 Å². The monoisotopic (exact) mass is 201 g/mol. The zero-order chi connectivity index (χ0) is 10.4. The molecule has 1 fully saturated rings. The molecule has 1 atom stereocenters. The normalized spacial score (nSPS) is 22.5. The molecule has 0 spiro atoms. The van der Waals surface area contributed by atoms with Gasteiger partial charge in [0.2, 0.25) is 0 Å². The summed E-state index contributed by atoms with van der Waals surface area (Å²) in [5, 5.41) is 9.63. The van der Waals surface area contributed by atoms with Gasteiger partial charge in [-0.2, -0.15) is 0 Å². The highest BCUT2D eigenvalue weighted by Gasteiger charge is 2.18. The van der Waals surface area contributed by atoms with Crippen molar-refractivity contribution in [1.29, 1.82) is 0 Å². The Balaban J connectivity index is 1.98. The van der Waals surface area contributed by atoms with Crippen LogP contribution in [-0.2, 0) is 4.74 Å². The first-order valence-electron chi connectivity index (χ1n) is 5.68. The lowest BCUT2D eigenvalue weighted by Gasteiger charge is -2.21. The summed E-state index contributed by atoms with van der Waals surface area (Å²) in [5.74, 6) is 0. The minimum absolute atomic E-state index is 0.330. The molecule has 0 aromatic carbocycles. The SMILES string of the molecule is CC(O)(CN)CCCOC1CCCC1. The molecule has 3 nitrogen and oxygen atoms in total. The minimum atomic E-state index is -0.709. The van der Waals surface area contributed by atoms with Gasteiger partial charge in [-0.3, -0.25) is 0 Å². The molecule has 0 heterocycles. The van der Waals surface area contributed by atoms with Crippen LogP contribution in [0.4, 0.5) is 0 Å². The molecule has 0 saturated heterocycles. The first-order chi connectivity index (χ1) is 6.64.